The van der Waals surface area contributed by atoms with E-state index in [-0.39, 0.29) is 11.6 Å². The normalized spacial score (nSPS) is 18.5. The number of nitrogens with one attached hydrogen (secondary N) is 1. The lowest BCUT2D eigenvalue weighted by molar-refractivity contribution is -0.116. The fourth-order valence-electron chi connectivity index (χ4n) is 3.86. The second kappa shape index (κ2) is 6.37. The number of aromatic nitrogens is 3. The van der Waals surface area contributed by atoms with Crippen LogP contribution in [0.25, 0.3) is 11.4 Å². The molecule has 28 heavy (non-hydrogen) atoms. The van der Waals surface area contributed by atoms with Crippen LogP contribution in [0.5, 0.6) is 0 Å². The van der Waals surface area contributed by atoms with Crippen LogP contribution in [0.15, 0.2) is 59.8 Å². The van der Waals surface area contributed by atoms with E-state index >= 15 is 0 Å². The molecule has 7 heteroatoms. The first-order valence-electron chi connectivity index (χ1n) is 9.12. The number of halogens is 2. The summed E-state index contributed by atoms with van der Waals surface area (Å²) < 4.78 is 29.5. The van der Waals surface area contributed by atoms with Crippen molar-refractivity contribution in [2.24, 2.45) is 0 Å². The molecule has 2 aromatic carbocycles. The SMILES string of the molecule is O=C1CCCC2=C1C(c1ccccc1F)n1nc(-c3ccc(F)cc3)nc1N2. The fourth-order valence-corrected chi connectivity index (χ4v) is 3.86. The van der Waals surface area contributed by atoms with Crippen molar-refractivity contribution in [3.8, 4) is 11.4 Å². The van der Waals surface area contributed by atoms with Crippen LogP contribution in [-0.2, 0) is 4.79 Å². The van der Waals surface area contributed by atoms with E-state index in [4.69, 9.17) is 0 Å². The van der Waals surface area contributed by atoms with E-state index in [2.05, 4.69) is 15.4 Å². The first-order valence-corrected chi connectivity index (χ1v) is 9.12. The molecule has 3 aromatic rings. The quantitative estimate of drug-likeness (QED) is 0.724. The molecule has 2 aliphatic rings. The molecular weight excluding hydrogens is 362 g/mol. The molecule has 2 heterocycles. The Hall–Kier alpha value is -3.35. The van der Waals surface area contributed by atoms with Crippen molar-refractivity contribution in [2.75, 3.05) is 5.32 Å². The Morgan fingerprint density at radius 1 is 1.04 bits per heavy atom. The van der Waals surface area contributed by atoms with E-state index in [1.165, 1.54) is 18.2 Å². The zero-order chi connectivity index (χ0) is 19.3. The second-order valence-electron chi connectivity index (χ2n) is 6.93. The van der Waals surface area contributed by atoms with Gasteiger partial charge in [0.25, 0.3) is 0 Å². The molecule has 0 bridgehead atoms. The molecule has 5 nitrogen and oxygen atoms in total. The van der Waals surface area contributed by atoms with Gasteiger partial charge in [-0.15, -0.1) is 5.10 Å². The zero-order valence-corrected chi connectivity index (χ0v) is 14.8. The van der Waals surface area contributed by atoms with Gasteiger partial charge in [0.1, 0.15) is 17.7 Å². The number of carbonyl (C=O) groups excluding carboxylic acids is 1. The summed E-state index contributed by atoms with van der Waals surface area (Å²) in [4.78, 5) is 17.2. The van der Waals surface area contributed by atoms with Crippen molar-refractivity contribution in [3.05, 3.63) is 77.0 Å². The smallest absolute Gasteiger partial charge is 0.226 e. The van der Waals surface area contributed by atoms with E-state index in [0.29, 0.717) is 41.3 Å². The van der Waals surface area contributed by atoms with Crippen molar-refractivity contribution in [1.29, 1.82) is 0 Å². The molecule has 0 saturated carbocycles. The van der Waals surface area contributed by atoms with Gasteiger partial charge in [0.05, 0.1) is 0 Å². The molecule has 0 fully saturated rings. The van der Waals surface area contributed by atoms with Crippen molar-refractivity contribution in [3.63, 3.8) is 0 Å². The number of benzene rings is 2. The van der Waals surface area contributed by atoms with Crippen LogP contribution in [0.4, 0.5) is 14.7 Å². The van der Waals surface area contributed by atoms with Crippen molar-refractivity contribution in [1.82, 2.24) is 14.8 Å². The predicted molar refractivity (Wildman–Crippen MR) is 99.5 cm³/mol. The van der Waals surface area contributed by atoms with Crippen LogP contribution in [-0.4, -0.2) is 20.5 Å². The molecule has 0 radical (unpaired) electrons. The minimum atomic E-state index is -0.679. The summed E-state index contributed by atoms with van der Waals surface area (Å²) in [6, 6.07) is 11.6. The third-order valence-corrected chi connectivity index (χ3v) is 5.17. The van der Waals surface area contributed by atoms with E-state index in [0.717, 1.165) is 12.1 Å². The van der Waals surface area contributed by atoms with Gasteiger partial charge < -0.3 is 5.32 Å². The van der Waals surface area contributed by atoms with Gasteiger partial charge >= 0.3 is 0 Å². The van der Waals surface area contributed by atoms with E-state index in [1.807, 2.05) is 0 Å². The molecule has 1 unspecified atom stereocenters. The van der Waals surface area contributed by atoms with Crippen molar-refractivity contribution >= 4 is 11.7 Å². The lowest BCUT2D eigenvalue weighted by Gasteiger charge is -2.32. The maximum Gasteiger partial charge on any atom is 0.226 e. The number of anilines is 1. The van der Waals surface area contributed by atoms with Gasteiger partial charge in [-0.05, 0) is 43.2 Å². The highest BCUT2D eigenvalue weighted by Gasteiger charge is 2.37. The van der Waals surface area contributed by atoms with E-state index in [9.17, 15) is 13.6 Å². The molecule has 1 aliphatic carbocycles. The topological polar surface area (TPSA) is 59.8 Å². The second-order valence-corrected chi connectivity index (χ2v) is 6.93. The number of hydrogen-bond donors (Lipinski definition) is 1. The van der Waals surface area contributed by atoms with Gasteiger partial charge in [0.2, 0.25) is 5.95 Å². The van der Waals surface area contributed by atoms with Crippen LogP contribution >= 0.6 is 0 Å². The van der Waals surface area contributed by atoms with Crippen LogP contribution in [0.1, 0.15) is 30.9 Å². The molecule has 0 spiro atoms. The Morgan fingerprint density at radius 3 is 2.61 bits per heavy atom. The monoisotopic (exact) mass is 378 g/mol. The van der Waals surface area contributed by atoms with Crippen molar-refractivity contribution < 1.29 is 13.6 Å². The number of nitrogens with zero attached hydrogens (tertiary/aromatic N) is 3. The highest BCUT2D eigenvalue weighted by Crippen LogP contribution is 2.41. The summed E-state index contributed by atoms with van der Waals surface area (Å²) in [5, 5.41) is 7.74. The van der Waals surface area contributed by atoms with Gasteiger partial charge in [-0.3, -0.25) is 4.79 Å². The average molecular weight is 378 g/mol. The summed E-state index contributed by atoms with van der Waals surface area (Å²) in [7, 11) is 0. The Morgan fingerprint density at radius 2 is 1.82 bits per heavy atom. The molecule has 1 aliphatic heterocycles. The minimum absolute atomic E-state index is 0.00788. The van der Waals surface area contributed by atoms with Crippen LogP contribution in [0.3, 0.4) is 0 Å². The number of ketones is 1. The Labute approximate surface area is 159 Å². The fraction of sp³-hybridized carbons (Fsp3) is 0.190. The molecule has 1 N–H and O–H groups in total. The molecule has 5 rings (SSSR count). The zero-order valence-electron chi connectivity index (χ0n) is 14.8. The largest absolute Gasteiger partial charge is 0.328 e. The van der Waals surface area contributed by atoms with E-state index < -0.39 is 11.9 Å². The lowest BCUT2D eigenvalue weighted by Crippen LogP contribution is -2.32. The Balaban J connectivity index is 1.69. The number of hydrogen-bond acceptors (Lipinski definition) is 4. The van der Waals surface area contributed by atoms with Gasteiger partial charge in [0, 0.05) is 28.8 Å². The summed E-state index contributed by atoms with van der Waals surface area (Å²) in [6.45, 7) is 0. The molecular formula is C21H16F2N4O. The third-order valence-electron chi connectivity index (χ3n) is 5.17. The highest BCUT2D eigenvalue weighted by molar-refractivity contribution is 5.99. The number of allylic oxidation sites excluding steroid dienone is 2. The van der Waals surface area contributed by atoms with Crippen LogP contribution in [0.2, 0.25) is 0 Å². The standard InChI is InChI=1S/C21H16F2N4O/c22-13-10-8-12(9-11-13)20-25-21-24-16-6-3-7-17(28)18(16)19(27(21)26-20)14-4-1-2-5-15(14)23/h1-2,4-5,8-11,19H,3,6-7H2,(H,24,25,26). The van der Waals surface area contributed by atoms with Crippen LogP contribution < -0.4 is 5.32 Å². The third kappa shape index (κ3) is 2.62. The van der Waals surface area contributed by atoms with Gasteiger partial charge in [0.15, 0.2) is 11.6 Å². The molecule has 0 saturated heterocycles. The minimum Gasteiger partial charge on any atom is -0.328 e. The number of carbonyl (C=O) groups is 1. The van der Waals surface area contributed by atoms with E-state index in [1.54, 1.807) is 35.0 Å². The summed E-state index contributed by atoms with van der Waals surface area (Å²) >= 11 is 0. The number of fused-ring (bicyclic) bond motifs is 1. The molecule has 1 aromatic heterocycles. The predicted octanol–water partition coefficient (Wildman–Crippen LogP) is 4.25. The van der Waals surface area contributed by atoms with Gasteiger partial charge in [-0.25, -0.2) is 13.5 Å². The maximum atomic E-state index is 14.7. The average Bonchev–Trinajstić information content (AvgIpc) is 3.11. The lowest BCUT2D eigenvalue weighted by atomic mass is 9.85. The number of Topliss-reactive ketones (excluding diaryl/α,β-unsaturated/α-hetero) is 1. The number of rotatable bonds is 2. The highest BCUT2D eigenvalue weighted by atomic mass is 19.1. The summed E-state index contributed by atoms with van der Waals surface area (Å²) in [6.07, 6.45) is 1.87. The molecule has 140 valence electrons. The maximum absolute atomic E-state index is 14.7. The Bertz CT molecular complexity index is 1120. The van der Waals surface area contributed by atoms with Gasteiger partial charge in [-0.2, -0.15) is 4.98 Å². The first-order chi connectivity index (χ1) is 13.6. The summed E-state index contributed by atoms with van der Waals surface area (Å²) in [5.74, 6) is 0.0749. The molecule has 1 atom stereocenters. The van der Waals surface area contributed by atoms with Crippen LogP contribution in [0, 0.1) is 11.6 Å². The summed E-state index contributed by atoms with van der Waals surface area (Å²) in [5.41, 5.74) is 2.33. The molecule has 0 amide bonds. The van der Waals surface area contributed by atoms with Gasteiger partial charge in [-0.1, -0.05) is 18.2 Å². The Kier molecular flexibility index (Phi) is 3.82. The first kappa shape index (κ1) is 16.8. The van der Waals surface area contributed by atoms with Crippen molar-refractivity contribution in [2.45, 2.75) is 25.3 Å².